The van der Waals surface area contributed by atoms with Gasteiger partial charge in [0, 0.05) is 17.7 Å². The summed E-state index contributed by atoms with van der Waals surface area (Å²) in [5, 5.41) is 8.85. The first-order valence-electron chi connectivity index (χ1n) is 6.30. The van der Waals surface area contributed by atoms with Crippen molar-refractivity contribution < 1.29 is 0 Å². The van der Waals surface area contributed by atoms with Crippen LogP contribution in [0, 0.1) is 11.3 Å². The van der Waals surface area contributed by atoms with Crippen molar-refractivity contribution in [1.82, 2.24) is 0 Å². The molecule has 0 spiro atoms. The van der Waals surface area contributed by atoms with Crippen LogP contribution in [0.4, 0.5) is 5.69 Å². The van der Waals surface area contributed by atoms with Crippen molar-refractivity contribution in [2.45, 2.75) is 43.5 Å². The van der Waals surface area contributed by atoms with Gasteiger partial charge < -0.3 is 4.90 Å². The first-order chi connectivity index (χ1) is 8.43. The van der Waals surface area contributed by atoms with E-state index in [1.54, 1.807) is 0 Å². The normalized spacial score (nSPS) is 19.3. The lowest BCUT2D eigenvalue weighted by atomic mass is 9.87. The van der Waals surface area contributed by atoms with Gasteiger partial charge in [-0.1, -0.05) is 26.8 Å². The van der Waals surface area contributed by atoms with Gasteiger partial charge in [-0.25, -0.2) is 0 Å². The first-order valence-corrected chi connectivity index (χ1v) is 7.29. The summed E-state index contributed by atoms with van der Waals surface area (Å²) in [4.78, 5) is 3.60. The van der Waals surface area contributed by atoms with Crippen LogP contribution in [0.15, 0.2) is 23.1 Å². The van der Waals surface area contributed by atoms with Crippen molar-refractivity contribution in [3.8, 4) is 6.07 Å². The molecule has 0 amide bonds. The summed E-state index contributed by atoms with van der Waals surface area (Å²) in [6.45, 7) is 6.72. The number of thioether (sulfide) groups is 1. The quantitative estimate of drug-likeness (QED) is 0.768. The van der Waals surface area contributed by atoms with Crippen LogP contribution >= 0.6 is 11.8 Å². The molecule has 3 heteroatoms. The Morgan fingerprint density at radius 1 is 1.44 bits per heavy atom. The number of anilines is 1. The Balaban J connectivity index is 2.33. The molecule has 0 saturated heterocycles. The summed E-state index contributed by atoms with van der Waals surface area (Å²) in [6, 6.07) is 9.34. The van der Waals surface area contributed by atoms with Crippen LogP contribution in [0.1, 0.15) is 32.8 Å². The summed E-state index contributed by atoms with van der Waals surface area (Å²) in [6.07, 6.45) is 0.601. The lowest BCUT2D eigenvalue weighted by molar-refractivity contribution is 0.587. The average molecular weight is 260 g/mol. The highest BCUT2D eigenvalue weighted by Crippen LogP contribution is 2.39. The zero-order valence-corrected chi connectivity index (χ0v) is 12.3. The number of nitrogens with zero attached hydrogens (tertiary/aromatic N) is 2. The van der Waals surface area contributed by atoms with Crippen LogP contribution in [-0.4, -0.2) is 18.8 Å². The molecule has 0 aliphatic carbocycles. The van der Waals surface area contributed by atoms with Gasteiger partial charge in [-0.15, -0.1) is 11.8 Å². The largest absolute Gasteiger partial charge is 0.369 e. The predicted octanol–water partition coefficient (Wildman–Crippen LogP) is 3.81. The number of hydrogen-bond acceptors (Lipinski definition) is 3. The Kier molecular flexibility index (Phi) is 3.59. The summed E-state index contributed by atoms with van der Waals surface area (Å²) < 4.78 is 0. The second kappa shape index (κ2) is 4.85. The third-order valence-corrected chi connectivity index (χ3v) is 4.70. The summed E-state index contributed by atoms with van der Waals surface area (Å²) in [7, 11) is 2.09. The van der Waals surface area contributed by atoms with E-state index in [4.69, 9.17) is 5.26 Å². The molecule has 0 fully saturated rings. The van der Waals surface area contributed by atoms with E-state index in [1.807, 2.05) is 11.8 Å². The maximum Gasteiger partial charge on any atom is 0.0643 e. The standard InChI is InChI=1S/C15H20N2S/c1-15(2,3)11-5-6-13-14(9-11)18-10-12(7-8-16)17(13)4/h5-6,9,12H,7,10H2,1-4H3. The van der Waals surface area contributed by atoms with E-state index < -0.39 is 0 Å². The van der Waals surface area contributed by atoms with Crippen molar-refractivity contribution in [3.63, 3.8) is 0 Å². The van der Waals surface area contributed by atoms with Crippen molar-refractivity contribution >= 4 is 17.4 Å². The molecule has 1 aliphatic rings. The molecule has 0 aromatic heterocycles. The zero-order chi connectivity index (χ0) is 13.3. The van der Waals surface area contributed by atoms with Gasteiger partial charge in [0.1, 0.15) is 0 Å². The maximum absolute atomic E-state index is 8.85. The van der Waals surface area contributed by atoms with Crippen LogP contribution in [0.5, 0.6) is 0 Å². The molecule has 0 saturated carbocycles. The van der Waals surface area contributed by atoms with Gasteiger partial charge in [0.15, 0.2) is 0 Å². The van der Waals surface area contributed by atoms with E-state index in [1.165, 1.54) is 16.1 Å². The lowest BCUT2D eigenvalue weighted by Gasteiger charge is -2.35. The second-order valence-electron chi connectivity index (χ2n) is 5.87. The van der Waals surface area contributed by atoms with Gasteiger partial charge in [0.05, 0.1) is 24.2 Å². The van der Waals surface area contributed by atoms with E-state index in [0.717, 1.165) is 5.75 Å². The Morgan fingerprint density at radius 2 is 2.17 bits per heavy atom. The number of rotatable bonds is 1. The first kappa shape index (κ1) is 13.3. The smallest absolute Gasteiger partial charge is 0.0643 e. The fourth-order valence-corrected chi connectivity index (χ4v) is 3.47. The minimum Gasteiger partial charge on any atom is -0.369 e. The number of hydrogen-bond donors (Lipinski definition) is 0. The van der Waals surface area contributed by atoms with Gasteiger partial charge in [-0.3, -0.25) is 0 Å². The molecule has 1 aromatic rings. The highest BCUT2D eigenvalue weighted by Gasteiger charge is 2.25. The fourth-order valence-electron chi connectivity index (χ4n) is 2.18. The Hall–Kier alpha value is -1.14. The molecule has 2 rings (SSSR count). The third kappa shape index (κ3) is 2.49. The fraction of sp³-hybridized carbons (Fsp3) is 0.533. The van der Waals surface area contributed by atoms with E-state index in [0.29, 0.717) is 12.5 Å². The van der Waals surface area contributed by atoms with Crippen molar-refractivity contribution in [3.05, 3.63) is 23.8 Å². The van der Waals surface area contributed by atoms with Crippen LogP contribution in [0.25, 0.3) is 0 Å². The lowest BCUT2D eigenvalue weighted by Crippen LogP contribution is -2.36. The Labute approximate surface area is 114 Å². The van der Waals surface area contributed by atoms with Gasteiger partial charge in [0.2, 0.25) is 0 Å². The van der Waals surface area contributed by atoms with Crippen LogP contribution in [-0.2, 0) is 5.41 Å². The molecular weight excluding hydrogens is 240 g/mol. The third-order valence-electron chi connectivity index (χ3n) is 3.51. The average Bonchev–Trinajstić information content (AvgIpc) is 2.31. The highest BCUT2D eigenvalue weighted by atomic mass is 32.2. The van der Waals surface area contributed by atoms with E-state index in [-0.39, 0.29) is 5.41 Å². The summed E-state index contributed by atoms with van der Waals surface area (Å²) in [5.41, 5.74) is 2.83. The molecule has 18 heavy (non-hydrogen) atoms. The SMILES string of the molecule is CN1c2ccc(C(C)(C)C)cc2SCC1CC#N. The molecule has 0 radical (unpaired) electrons. The highest BCUT2D eigenvalue weighted by molar-refractivity contribution is 7.99. The van der Waals surface area contributed by atoms with Crippen molar-refractivity contribution in [2.75, 3.05) is 17.7 Å². The summed E-state index contributed by atoms with van der Waals surface area (Å²) >= 11 is 1.88. The van der Waals surface area contributed by atoms with Crippen LogP contribution in [0.2, 0.25) is 0 Å². The van der Waals surface area contributed by atoms with Crippen molar-refractivity contribution in [1.29, 1.82) is 5.26 Å². The van der Waals surface area contributed by atoms with Crippen LogP contribution in [0.3, 0.4) is 0 Å². The zero-order valence-electron chi connectivity index (χ0n) is 11.5. The van der Waals surface area contributed by atoms with E-state index in [9.17, 15) is 0 Å². The van der Waals surface area contributed by atoms with Crippen molar-refractivity contribution in [2.24, 2.45) is 0 Å². The van der Waals surface area contributed by atoms with Gasteiger partial charge in [-0.05, 0) is 23.1 Å². The molecule has 1 aromatic carbocycles. The number of benzene rings is 1. The van der Waals surface area contributed by atoms with Crippen LogP contribution < -0.4 is 4.90 Å². The Bertz CT molecular complexity index is 482. The maximum atomic E-state index is 8.85. The molecule has 0 N–H and O–H groups in total. The molecular formula is C15H20N2S. The monoisotopic (exact) mass is 260 g/mol. The topological polar surface area (TPSA) is 27.0 Å². The minimum absolute atomic E-state index is 0.192. The van der Waals surface area contributed by atoms with Gasteiger partial charge >= 0.3 is 0 Å². The number of nitriles is 1. The van der Waals surface area contributed by atoms with E-state index >= 15 is 0 Å². The summed E-state index contributed by atoms with van der Waals surface area (Å²) in [5.74, 6) is 1.00. The molecule has 0 bridgehead atoms. The second-order valence-corrected chi connectivity index (χ2v) is 6.93. The molecule has 1 atom stereocenters. The molecule has 96 valence electrons. The molecule has 1 unspecified atom stereocenters. The molecule has 1 heterocycles. The molecule has 2 nitrogen and oxygen atoms in total. The predicted molar refractivity (Wildman–Crippen MR) is 78.3 cm³/mol. The molecule has 1 aliphatic heterocycles. The number of fused-ring (bicyclic) bond motifs is 1. The van der Waals surface area contributed by atoms with Gasteiger partial charge in [-0.2, -0.15) is 5.26 Å². The Morgan fingerprint density at radius 3 is 2.78 bits per heavy atom. The minimum atomic E-state index is 0.192. The van der Waals surface area contributed by atoms with Gasteiger partial charge in [0.25, 0.3) is 0 Å². The van der Waals surface area contributed by atoms with E-state index in [2.05, 4.69) is 57.0 Å².